The van der Waals surface area contributed by atoms with Crippen LogP contribution in [0.4, 0.5) is 0 Å². The van der Waals surface area contributed by atoms with Gasteiger partial charge in [0.25, 0.3) is 0 Å². The maximum Gasteiger partial charge on any atom is 0.226 e. The molecule has 3 rings (SSSR count). The van der Waals surface area contributed by atoms with Crippen LogP contribution in [0.25, 0.3) is 0 Å². The van der Waals surface area contributed by atoms with Crippen molar-refractivity contribution in [3.05, 3.63) is 33.4 Å². The number of carbonyl (C=O) groups excluding carboxylic acids is 1. The Hall–Kier alpha value is -0.620. The van der Waals surface area contributed by atoms with Crippen LogP contribution in [0.1, 0.15) is 31.4 Å². The van der Waals surface area contributed by atoms with Crippen molar-refractivity contribution in [1.29, 1.82) is 0 Å². The quantitative estimate of drug-likeness (QED) is 0.762. The van der Waals surface area contributed by atoms with Gasteiger partial charge in [-0.05, 0) is 47.2 Å². The predicted molar refractivity (Wildman–Crippen MR) is 77.2 cm³/mol. The third-order valence-corrected chi connectivity index (χ3v) is 4.76. The van der Waals surface area contributed by atoms with Gasteiger partial charge >= 0.3 is 0 Å². The van der Waals surface area contributed by atoms with Crippen LogP contribution in [0.15, 0.2) is 24.3 Å². The Balaban J connectivity index is 1.78. The lowest BCUT2D eigenvalue weighted by Gasteiger charge is -2.38. The zero-order valence-corrected chi connectivity index (χ0v) is 12.5. The van der Waals surface area contributed by atoms with Crippen molar-refractivity contribution in [3.8, 4) is 0 Å². The highest BCUT2D eigenvalue weighted by Crippen LogP contribution is 2.39. The van der Waals surface area contributed by atoms with Crippen molar-refractivity contribution in [3.63, 3.8) is 0 Å². The molecule has 2 saturated heterocycles. The number of hydrogen-bond acceptors (Lipinski definition) is 2. The Morgan fingerprint density at radius 1 is 1.39 bits per heavy atom. The van der Waals surface area contributed by atoms with Gasteiger partial charge < -0.3 is 9.64 Å². The van der Waals surface area contributed by atoms with E-state index in [1.54, 1.807) is 0 Å². The maximum atomic E-state index is 12.1. The van der Waals surface area contributed by atoms with Gasteiger partial charge in [0.05, 0.1) is 31.2 Å². The third-order valence-electron chi connectivity index (χ3n) is 4.04. The molecule has 0 aromatic heterocycles. The van der Waals surface area contributed by atoms with Gasteiger partial charge in [0.15, 0.2) is 0 Å². The smallest absolute Gasteiger partial charge is 0.226 e. The topological polar surface area (TPSA) is 29.5 Å². The largest absolute Gasteiger partial charge is 0.372 e. The molecule has 18 heavy (non-hydrogen) atoms. The molecule has 2 heterocycles. The summed E-state index contributed by atoms with van der Waals surface area (Å²) in [4.78, 5) is 14.1. The van der Waals surface area contributed by atoms with E-state index in [1.165, 1.54) is 9.13 Å². The van der Waals surface area contributed by atoms with E-state index in [0.29, 0.717) is 6.42 Å². The van der Waals surface area contributed by atoms with E-state index in [0.717, 1.165) is 19.6 Å². The normalized spacial score (nSPS) is 28.6. The molecule has 0 radical (unpaired) electrons. The third kappa shape index (κ3) is 2.05. The summed E-state index contributed by atoms with van der Waals surface area (Å²) in [5.74, 6) is 0.223. The molecule has 0 saturated carbocycles. The molecule has 4 heteroatoms. The minimum Gasteiger partial charge on any atom is -0.372 e. The van der Waals surface area contributed by atoms with Crippen molar-refractivity contribution in [2.45, 2.75) is 31.4 Å². The summed E-state index contributed by atoms with van der Waals surface area (Å²) in [5, 5.41) is 0. The Morgan fingerprint density at radius 2 is 2.06 bits per heavy atom. The number of amides is 1. The number of halogens is 1. The van der Waals surface area contributed by atoms with Crippen molar-refractivity contribution < 1.29 is 9.53 Å². The second kappa shape index (κ2) is 4.49. The Bertz CT molecular complexity index is 467. The summed E-state index contributed by atoms with van der Waals surface area (Å²) < 4.78 is 6.84. The second-order valence-electron chi connectivity index (χ2n) is 5.21. The minimum atomic E-state index is -0.158. The summed E-state index contributed by atoms with van der Waals surface area (Å²) in [6, 6.07) is 8.52. The molecule has 2 atom stereocenters. The molecule has 0 unspecified atom stereocenters. The Labute approximate surface area is 121 Å². The number of carbonyl (C=O) groups is 1. The van der Waals surface area contributed by atoms with E-state index in [4.69, 9.17) is 4.74 Å². The van der Waals surface area contributed by atoms with E-state index >= 15 is 0 Å². The fraction of sp³-hybridized carbons (Fsp3) is 0.500. The molecule has 0 N–H and O–H groups in total. The highest BCUT2D eigenvalue weighted by molar-refractivity contribution is 14.1. The zero-order chi connectivity index (χ0) is 12.8. The predicted octanol–water partition coefficient (Wildman–Crippen LogP) is 2.74. The lowest BCUT2D eigenvalue weighted by molar-refractivity contribution is -0.141. The van der Waals surface area contributed by atoms with E-state index in [-0.39, 0.29) is 17.6 Å². The van der Waals surface area contributed by atoms with Gasteiger partial charge in [-0.1, -0.05) is 12.1 Å². The lowest BCUT2D eigenvalue weighted by Crippen LogP contribution is -2.46. The molecule has 0 bridgehead atoms. The minimum absolute atomic E-state index is 0.137. The number of nitrogens with zero attached hydrogens (tertiary/aromatic N) is 1. The Kier molecular flexibility index (Phi) is 3.10. The molecule has 2 aliphatic rings. The van der Waals surface area contributed by atoms with Crippen LogP contribution in [-0.4, -0.2) is 29.6 Å². The van der Waals surface area contributed by atoms with Gasteiger partial charge in [-0.3, -0.25) is 4.79 Å². The van der Waals surface area contributed by atoms with Crippen LogP contribution >= 0.6 is 22.6 Å². The second-order valence-corrected chi connectivity index (χ2v) is 6.45. The standard InChI is InChI=1S/C14H16INO2/c1-10(11-2-4-12(15)5-3-11)16-9-14(6-7-18-14)8-13(16)17/h2-5,10H,6-9H2,1H3/t10-,14+/m1/s1. The van der Waals surface area contributed by atoms with Crippen LogP contribution in [0.5, 0.6) is 0 Å². The van der Waals surface area contributed by atoms with Crippen molar-refractivity contribution in [2.75, 3.05) is 13.2 Å². The van der Waals surface area contributed by atoms with Crippen molar-refractivity contribution in [2.24, 2.45) is 0 Å². The average molecular weight is 357 g/mol. The fourth-order valence-corrected chi connectivity index (χ4v) is 3.12. The monoisotopic (exact) mass is 357 g/mol. The molecule has 3 nitrogen and oxygen atoms in total. The SMILES string of the molecule is C[C@H](c1ccc(I)cc1)N1C[C@]2(CCO2)CC1=O. The molecular formula is C14H16INO2. The van der Waals surface area contributed by atoms with Crippen LogP contribution in [0.3, 0.4) is 0 Å². The van der Waals surface area contributed by atoms with Gasteiger partial charge in [-0.2, -0.15) is 0 Å². The summed E-state index contributed by atoms with van der Waals surface area (Å²) in [6.45, 7) is 3.65. The average Bonchev–Trinajstić information content (AvgIpc) is 2.67. The van der Waals surface area contributed by atoms with Gasteiger partial charge in [0.2, 0.25) is 5.91 Å². The summed E-state index contributed by atoms with van der Waals surface area (Å²) in [5.41, 5.74) is 1.04. The van der Waals surface area contributed by atoms with E-state index in [1.807, 2.05) is 4.90 Å². The molecule has 1 aromatic rings. The van der Waals surface area contributed by atoms with Gasteiger partial charge in [-0.25, -0.2) is 0 Å². The summed E-state index contributed by atoms with van der Waals surface area (Å²) in [6.07, 6.45) is 1.58. The highest BCUT2D eigenvalue weighted by atomic mass is 127. The zero-order valence-electron chi connectivity index (χ0n) is 10.4. The van der Waals surface area contributed by atoms with Crippen LogP contribution < -0.4 is 0 Å². The highest BCUT2D eigenvalue weighted by Gasteiger charge is 2.49. The molecule has 2 fully saturated rings. The molecule has 1 amide bonds. The molecule has 2 aliphatic heterocycles. The summed E-state index contributed by atoms with van der Waals surface area (Å²) in [7, 11) is 0. The van der Waals surface area contributed by atoms with E-state index in [2.05, 4.69) is 53.8 Å². The number of hydrogen-bond donors (Lipinski definition) is 0. The van der Waals surface area contributed by atoms with Gasteiger partial charge in [0, 0.05) is 9.99 Å². The van der Waals surface area contributed by atoms with Crippen LogP contribution in [-0.2, 0) is 9.53 Å². The first kappa shape index (κ1) is 12.4. The number of rotatable bonds is 2. The fourth-order valence-electron chi connectivity index (χ4n) is 2.76. The molecule has 96 valence electrons. The van der Waals surface area contributed by atoms with E-state index in [9.17, 15) is 4.79 Å². The first-order valence-electron chi connectivity index (χ1n) is 6.29. The first-order chi connectivity index (χ1) is 8.60. The van der Waals surface area contributed by atoms with Gasteiger partial charge in [-0.15, -0.1) is 0 Å². The molecule has 1 spiro atoms. The summed E-state index contributed by atoms with van der Waals surface area (Å²) >= 11 is 2.29. The van der Waals surface area contributed by atoms with Crippen molar-refractivity contribution >= 4 is 28.5 Å². The maximum absolute atomic E-state index is 12.1. The number of benzene rings is 1. The van der Waals surface area contributed by atoms with Gasteiger partial charge in [0.1, 0.15) is 0 Å². The molecule has 1 aromatic carbocycles. The first-order valence-corrected chi connectivity index (χ1v) is 7.36. The van der Waals surface area contributed by atoms with E-state index < -0.39 is 0 Å². The molecular weight excluding hydrogens is 341 g/mol. The van der Waals surface area contributed by atoms with Crippen LogP contribution in [0.2, 0.25) is 0 Å². The van der Waals surface area contributed by atoms with Crippen LogP contribution in [0, 0.1) is 3.57 Å². The van der Waals surface area contributed by atoms with Crippen molar-refractivity contribution in [1.82, 2.24) is 4.90 Å². The Morgan fingerprint density at radius 3 is 2.56 bits per heavy atom. The number of ether oxygens (including phenoxy) is 1. The lowest BCUT2D eigenvalue weighted by atomic mass is 9.94. The molecule has 0 aliphatic carbocycles. The number of likely N-dealkylation sites (tertiary alicyclic amines) is 1.